The smallest absolute Gasteiger partial charge is 0.332 e. The Balaban J connectivity index is 2.13. The van der Waals surface area contributed by atoms with Crippen molar-refractivity contribution < 1.29 is 4.79 Å². The Kier molecular flexibility index (Phi) is 3.62. The number of nitrogens with one attached hydrogen (secondary N) is 1. The highest BCUT2D eigenvalue weighted by atomic mass is 16.2. The molecule has 2 heterocycles. The molecule has 0 aliphatic carbocycles. The molecule has 0 atom stereocenters. The van der Waals surface area contributed by atoms with Gasteiger partial charge in [0.05, 0.1) is 6.21 Å². The maximum Gasteiger partial charge on any atom is 0.332 e. The van der Waals surface area contributed by atoms with Gasteiger partial charge in [-0.25, -0.2) is 10.2 Å². The van der Waals surface area contributed by atoms with Crippen molar-refractivity contribution in [2.45, 2.75) is 51.4 Å². The molecule has 0 aromatic heterocycles. The fourth-order valence-electron chi connectivity index (χ4n) is 3.71. The molecule has 5 heteroatoms. The van der Waals surface area contributed by atoms with Gasteiger partial charge in [0.1, 0.15) is 0 Å². The number of nitrogens with zero attached hydrogens (tertiary/aromatic N) is 2. The number of amides is 2. The number of primary amides is 1. The summed E-state index contributed by atoms with van der Waals surface area (Å²) in [6.07, 6.45) is 3.99. The lowest BCUT2D eigenvalue weighted by Gasteiger charge is -2.48. The quantitative estimate of drug-likeness (QED) is 0.651. The first-order valence-electron chi connectivity index (χ1n) is 8.23. The van der Waals surface area contributed by atoms with Gasteiger partial charge in [-0.2, -0.15) is 5.10 Å². The van der Waals surface area contributed by atoms with Gasteiger partial charge in [-0.05, 0) is 52.5 Å². The molecule has 2 amide bonds. The van der Waals surface area contributed by atoms with Crippen molar-refractivity contribution in [2.75, 3.05) is 18.0 Å². The molecule has 2 aliphatic heterocycles. The van der Waals surface area contributed by atoms with Gasteiger partial charge in [0.2, 0.25) is 0 Å². The molecule has 0 saturated carbocycles. The minimum Gasteiger partial charge on any atom is -0.371 e. The van der Waals surface area contributed by atoms with Crippen LogP contribution < -0.4 is 16.1 Å². The number of benzene rings is 1. The van der Waals surface area contributed by atoms with Crippen molar-refractivity contribution in [2.24, 2.45) is 10.8 Å². The van der Waals surface area contributed by atoms with Crippen molar-refractivity contribution >= 4 is 17.9 Å². The molecular weight excluding hydrogens is 288 g/mol. The maximum atomic E-state index is 10.8. The number of carbonyl (C=O) groups excluding carboxylic acids is 1. The van der Waals surface area contributed by atoms with E-state index in [0.29, 0.717) is 0 Å². The minimum atomic E-state index is -0.646. The molecule has 0 saturated heterocycles. The Morgan fingerprint density at radius 3 is 2.17 bits per heavy atom. The highest BCUT2D eigenvalue weighted by Gasteiger charge is 2.39. The second-order valence-corrected chi connectivity index (χ2v) is 7.95. The first kappa shape index (κ1) is 15.8. The Bertz CT molecular complexity index is 635. The van der Waals surface area contributed by atoms with Crippen LogP contribution in [0.1, 0.15) is 57.2 Å². The van der Waals surface area contributed by atoms with Gasteiger partial charge in [0, 0.05) is 18.8 Å². The molecule has 124 valence electrons. The predicted molar refractivity (Wildman–Crippen MR) is 94.3 cm³/mol. The normalized spacial score (nSPS) is 21.1. The molecule has 0 spiro atoms. The third-order valence-corrected chi connectivity index (χ3v) is 5.31. The van der Waals surface area contributed by atoms with Gasteiger partial charge < -0.3 is 10.6 Å². The standard InChI is InChI=1S/C18H26N4O/c1-17(2)5-7-22-8-6-18(3,4)14-10-12(9-13(17)15(14)22)11-20-21-16(19)23/h9-11H,5-8H2,1-4H3,(H3,19,21,23). The number of nitrogens with two attached hydrogens (primary N) is 1. The van der Waals surface area contributed by atoms with E-state index in [1.165, 1.54) is 16.8 Å². The molecule has 0 bridgehead atoms. The molecule has 23 heavy (non-hydrogen) atoms. The maximum absolute atomic E-state index is 10.8. The van der Waals surface area contributed by atoms with Crippen molar-refractivity contribution in [1.82, 2.24) is 5.43 Å². The molecule has 3 N–H and O–H groups in total. The average Bonchev–Trinajstić information content (AvgIpc) is 2.45. The molecule has 3 rings (SSSR count). The van der Waals surface area contributed by atoms with E-state index < -0.39 is 6.03 Å². The van der Waals surface area contributed by atoms with Crippen LogP contribution in [-0.2, 0) is 10.8 Å². The molecule has 2 aliphatic rings. The lowest BCUT2D eigenvalue weighted by atomic mass is 9.69. The molecule has 0 unspecified atom stereocenters. The lowest BCUT2D eigenvalue weighted by molar-refractivity contribution is 0.249. The SMILES string of the molecule is CC1(C)CCN2CCC(C)(C)c3cc(C=NNC(N)=O)cc1c32. The van der Waals surface area contributed by atoms with Crippen molar-refractivity contribution in [3.05, 3.63) is 28.8 Å². The van der Waals surface area contributed by atoms with Gasteiger partial charge in [0.15, 0.2) is 0 Å². The van der Waals surface area contributed by atoms with Crippen LogP contribution in [-0.4, -0.2) is 25.3 Å². The van der Waals surface area contributed by atoms with E-state index in [9.17, 15) is 4.79 Å². The Morgan fingerprint density at radius 1 is 1.17 bits per heavy atom. The summed E-state index contributed by atoms with van der Waals surface area (Å²) in [5.74, 6) is 0. The number of hydrazone groups is 1. The lowest BCUT2D eigenvalue weighted by Crippen LogP contribution is -2.44. The Hall–Kier alpha value is -2.04. The van der Waals surface area contributed by atoms with E-state index >= 15 is 0 Å². The van der Waals surface area contributed by atoms with Gasteiger partial charge in [-0.15, -0.1) is 0 Å². The molecule has 0 fully saturated rings. The molecule has 1 aromatic carbocycles. The first-order chi connectivity index (χ1) is 10.7. The largest absolute Gasteiger partial charge is 0.371 e. The summed E-state index contributed by atoms with van der Waals surface area (Å²) in [6.45, 7) is 11.5. The van der Waals surface area contributed by atoms with Crippen LogP contribution in [0.25, 0.3) is 0 Å². The van der Waals surface area contributed by atoms with E-state index in [2.05, 4.69) is 55.3 Å². The van der Waals surface area contributed by atoms with Crippen molar-refractivity contribution in [3.8, 4) is 0 Å². The van der Waals surface area contributed by atoms with E-state index in [1.807, 2.05) is 0 Å². The van der Waals surface area contributed by atoms with E-state index in [4.69, 9.17) is 5.73 Å². The summed E-state index contributed by atoms with van der Waals surface area (Å²) >= 11 is 0. The summed E-state index contributed by atoms with van der Waals surface area (Å²) < 4.78 is 0. The molecule has 1 aromatic rings. The number of anilines is 1. The van der Waals surface area contributed by atoms with Gasteiger partial charge >= 0.3 is 6.03 Å². The summed E-state index contributed by atoms with van der Waals surface area (Å²) in [6, 6.07) is 3.77. The van der Waals surface area contributed by atoms with E-state index in [-0.39, 0.29) is 10.8 Å². The van der Waals surface area contributed by atoms with E-state index in [1.54, 1.807) is 6.21 Å². The number of hydrogen-bond acceptors (Lipinski definition) is 3. The van der Waals surface area contributed by atoms with Gasteiger partial charge in [-0.1, -0.05) is 27.7 Å². The topological polar surface area (TPSA) is 70.7 Å². The fraction of sp³-hybridized carbons (Fsp3) is 0.556. The minimum absolute atomic E-state index is 0.148. The highest BCUT2D eigenvalue weighted by molar-refractivity contribution is 5.85. The van der Waals surface area contributed by atoms with E-state index in [0.717, 1.165) is 31.5 Å². The van der Waals surface area contributed by atoms with Crippen LogP contribution in [0.4, 0.5) is 10.5 Å². The zero-order chi connectivity index (χ0) is 16.8. The van der Waals surface area contributed by atoms with Crippen LogP contribution in [0.3, 0.4) is 0 Å². The van der Waals surface area contributed by atoms with Crippen LogP contribution in [0.5, 0.6) is 0 Å². The first-order valence-corrected chi connectivity index (χ1v) is 8.23. The second-order valence-electron chi connectivity index (χ2n) is 7.95. The number of carbonyl (C=O) groups is 1. The van der Waals surface area contributed by atoms with Crippen LogP contribution >= 0.6 is 0 Å². The van der Waals surface area contributed by atoms with Gasteiger partial charge in [0.25, 0.3) is 0 Å². The predicted octanol–water partition coefficient (Wildman–Crippen LogP) is 2.86. The Morgan fingerprint density at radius 2 is 1.70 bits per heavy atom. The van der Waals surface area contributed by atoms with Crippen molar-refractivity contribution in [3.63, 3.8) is 0 Å². The fourth-order valence-corrected chi connectivity index (χ4v) is 3.71. The molecular formula is C18H26N4O. The monoisotopic (exact) mass is 314 g/mol. The molecule has 0 radical (unpaired) electrons. The number of rotatable bonds is 2. The Labute approximate surface area is 137 Å². The summed E-state index contributed by atoms with van der Waals surface area (Å²) in [5.41, 5.74) is 12.8. The highest BCUT2D eigenvalue weighted by Crippen LogP contribution is 2.49. The zero-order valence-corrected chi connectivity index (χ0v) is 14.4. The summed E-state index contributed by atoms with van der Waals surface area (Å²) in [4.78, 5) is 13.3. The third-order valence-electron chi connectivity index (χ3n) is 5.31. The van der Waals surface area contributed by atoms with Crippen molar-refractivity contribution in [1.29, 1.82) is 0 Å². The second kappa shape index (κ2) is 5.25. The zero-order valence-electron chi connectivity index (χ0n) is 14.4. The van der Waals surface area contributed by atoms with Crippen LogP contribution in [0, 0.1) is 0 Å². The third kappa shape index (κ3) is 2.80. The number of urea groups is 1. The summed E-state index contributed by atoms with van der Waals surface area (Å²) in [7, 11) is 0. The molecule has 5 nitrogen and oxygen atoms in total. The number of hydrogen-bond donors (Lipinski definition) is 2. The summed E-state index contributed by atoms with van der Waals surface area (Å²) in [5, 5.41) is 3.93. The van der Waals surface area contributed by atoms with Crippen LogP contribution in [0.15, 0.2) is 17.2 Å². The van der Waals surface area contributed by atoms with Gasteiger partial charge in [-0.3, -0.25) is 0 Å². The average molecular weight is 314 g/mol. The van der Waals surface area contributed by atoms with Crippen LogP contribution in [0.2, 0.25) is 0 Å².